The van der Waals surface area contributed by atoms with E-state index in [1.165, 1.54) is 0 Å². The molecule has 2 aliphatic rings. The fourth-order valence-corrected chi connectivity index (χ4v) is 5.79. The maximum atomic E-state index is 12.7. The van der Waals surface area contributed by atoms with Crippen molar-refractivity contribution in [3.05, 3.63) is 0 Å². The third-order valence-electron chi connectivity index (χ3n) is 4.81. The summed E-state index contributed by atoms with van der Waals surface area (Å²) >= 11 is 0. The summed E-state index contributed by atoms with van der Waals surface area (Å²) in [5.41, 5.74) is 0. The summed E-state index contributed by atoms with van der Waals surface area (Å²) < 4.78 is 27.1. The molecule has 0 radical (unpaired) electrons. The average molecular weight is 288 g/mol. The molecule has 2 aliphatic heterocycles. The topological polar surface area (TPSA) is 49.4 Å². The Morgan fingerprint density at radius 1 is 1.16 bits per heavy atom. The van der Waals surface area contributed by atoms with E-state index < -0.39 is 10.0 Å². The maximum Gasteiger partial charge on any atom is 0.214 e. The van der Waals surface area contributed by atoms with Gasteiger partial charge in [-0.3, -0.25) is 0 Å². The van der Waals surface area contributed by atoms with E-state index in [0.717, 1.165) is 32.4 Å². The number of rotatable bonds is 3. The van der Waals surface area contributed by atoms with Crippen molar-refractivity contribution >= 4 is 10.0 Å². The molecule has 19 heavy (non-hydrogen) atoms. The fraction of sp³-hybridized carbons (Fsp3) is 1.00. The molecule has 0 spiro atoms. The zero-order valence-corrected chi connectivity index (χ0v) is 13.2. The molecular weight excluding hydrogens is 260 g/mol. The van der Waals surface area contributed by atoms with Crippen LogP contribution < -0.4 is 5.32 Å². The molecule has 1 N–H and O–H groups in total. The third kappa shape index (κ3) is 3.70. The Kier molecular flexibility index (Phi) is 4.90. The lowest BCUT2D eigenvalue weighted by Crippen LogP contribution is -2.50. The van der Waals surface area contributed by atoms with Gasteiger partial charge in [0, 0.05) is 12.6 Å². The van der Waals surface area contributed by atoms with Gasteiger partial charge in [0.25, 0.3) is 0 Å². The highest BCUT2D eigenvalue weighted by molar-refractivity contribution is 7.89. The van der Waals surface area contributed by atoms with E-state index in [9.17, 15) is 8.42 Å². The summed E-state index contributed by atoms with van der Waals surface area (Å²) in [7, 11) is -3.09. The van der Waals surface area contributed by atoms with Crippen molar-refractivity contribution in [2.24, 2.45) is 17.8 Å². The number of hydrogen-bond acceptors (Lipinski definition) is 3. The van der Waals surface area contributed by atoms with Crippen molar-refractivity contribution in [2.45, 2.75) is 46.1 Å². The van der Waals surface area contributed by atoms with Gasteiger partial charge in [0.15, 0.2) is 0 Å². The Hall–Kier alpha value is -0.130. The lowest BCUT2D eigenvalue weighted by Gasteiger charge is -2.40. The molecule has 0 aliphatic carbocycles. The van der Waals surface area contributed by atoms with Crippen LogP contribution in [-0.4, -0.2) is 44.2 Å². The average Bonchev–Trinajstić information content (AvgIpc) is 2.34. The van der Waals surface area contributed by atoms with Crippen LogP contribution in [0.25, 0.3) is 0 Å². The van der Waals surface area contributed by atoms with E-state index in [1.807, 2.05) is 0 Å². The molecular formula is C14H28N2O2S. The van der Waals surface area contributed by atoms with Crippen LogP contribution >= 0.6 is 0 Å². The molecule has 3 atom stereocenters. The Morgan fingerprint density at radius 3 is 2.42 bits per heavy atom. The first kappa shape index (κ1) is 15.3. The summed E-state index contributed by atoms with van der Waals surface area (Å²) in [5.74, 6) is 1.63. The van der Waals surface area contributed by atoms with E-state index in [1.54, 1.807) is 4.31 Å². The van der Waals surface area contributed by atoms with Crippen molar-refractivity contribution in [2.75, 3.05) is 25.4 Å². The van der Waals surface area contributed by atoms with Gasteiger partial charge in [0.2, 0.25) is 10.0 Å². The predicted octanol–water partition coefficient (Wildman–Crippen LogP) is 1.68. The smallest absolute Gasteiger partial charge is 0.214 e. The van der Waals surface area contributed by atoms with E-state index >= 15 is 0 Å². The van der Waals surface area contributed by atoms with E-state index in [-0.39, 0.29) is 6.04 Å². The Bertz CT molecular complexity index is 390. The Balaban J connectivity index is 2.04. The molecule has 2 rings (SSSR count). The van der Waals surface area contributed by atoms with Crippen LogP contribution in [0.5, 0.6) is 0 Å². The molecule has 4 nitrogen and oxygen atoms in total. The number of hydrogen-bond donors (Lipinski definition) is 1. The quantitative estimate of drug-likeness (QED) is 0.859. The third-order valence-corrected chi connectivity index (χ3v) is 6.89. The summed E-state index contributed by atoms with van der Waals surface area (Å²) in [5, 5.41) is 3.29. The molecule has 0 aromatic carbocycles. The standard InChI is InChI=1S/C14H28N2O2S/c1-11-8-12(2)13(3)16(9-11)19(17,18)10-14-4-6-15-7-5-14/h11-15H,4-10H2,1-3H3. The summed E-state index contributed by atoms with van der Waals surface area (Å²) in [4.78, 5) is 0. The maximum absolute atomic E-state index is 12.7. The van der Waals surface area contributed by atoms with Crippen molar-refractivity contribution in [3.63, 3.8) is 0 Å². The molecule has 0 aromatic rings. The molecule has 2 heterocycles. The first-order valence-electron chi connectivity index (χ1n) is 7.60. The second kappa shape index (κ2) is 6.10. The fourth-order valence-electron chi connectivity index (χ4n) is 3.47. The molecule has 5 heteroatoms. The van der Waals surface area contributed by atoms with Gasteiger partial charge < -0.3 is 5.32 Å². The zero-order chi connectivity index (χ0) is 14.0. The molecule has 0 bridgehead atoms. The summed E-state index contributed by atoms with van der Waals surface area (Å²) in [6.45, 7) is 9.03. The lowest BCUT2D eigenvalue weighted by atomic mass is 9.88. The summed E-state index contributed by atoms with van der Waals surface area (Å²) in [6.07, 6.45) is 3.12. The van der Waals surface area contributed by atoms with Crippen LogP contribution in [0.2, 0.25) is 0 Å². The molecule has 0 amide bonds. The zero-order valence-electron chi connectivity index (χ0n) is 12.4. The SMILES string of the molecule is CC1CC(C)C(C)N(S(=O)(=O)CC2CCNCC2)C1. The van der Waals surface area contributed by atoms with E-state index in [2.05, 4.69) is 26.1 Å². The predicted molar refractivity (Wildman–Crippen MR) is 78.5 cm³/mol. The molecule has 2 saturated heterocycles. The highest BCUT2D eigenvalue weighted by Gasteiger charge is 2.37. The van der Waals surface area contributed by atoms with Gasteiger partial charge in [0.1, 0.15) is 0 Å². The van der Waals surface area contributed by atoms with Gasteiger partial charge in [-0.05, 0) is 57.0 Å². The van der Waals surface area contributed by atoms with E-state index in [4.69, 9.17) is 0 Å². The van der Waals surface area contributed by atoms with Crippen molar-refractivity contribution in [1.82, 2.24) is 9.62 Å². The number of nitrogens with zero attached hydrogens (tertiary/aromatic N) is 1. The van der Waals surface area contributed by atoms with Crippen LogP contribution in [0, 0.1) is 17.8 Å². The van der Waals surface area contributed by atoms with Gasteiger partial charge in [-0.2, -0.15) is 4.31 Å². The van der Waals surface area contributed by atoms with Crippen LogP contribution in [-0.2, 0) is 10.0 Å². The van der Waals surface area contributed by atoms with Gasteiger partial charge in [-0.15, -0.1) is 0 Å². The number of piperidine rings is 2. The Labute approximate surface area is 118 Å². The molecule has 2 fully saturated rings. The minimum absolute atomic E-state index is 0.155. The monoisotopic (exact) mass is 288 g/mol. The number of nitrogens with one attached hydrogen (secondary N) is 1. The molecule has 0 saturated carbocycles. The first-order chi connectivity index (χ1) is 8.90. The minimum atomic E-state index is -3.09. The van der Waals surface area contributed by atoms with Crippen LogP contribution in [0.15, 0.2) is 0 Å². The largest absolute Gasteiger partial charge is 0.317 e. The molecule has 112 valence electrons. The van der Waals surface area contributed by atoms with Gasteiger partial charge >= 0.3 is 0 Å². The van der Waals surface area contributed by atoms with E-state index in [0.29, 0.717) is 30.1 Å². The second-order valence-electron chi connectivity index (χ2n) is 6.60. The van der Waals surface area contributed by atoms with Crippen molar-refractivity contribution in [1.29, 1.82) is 0 Å². The normalized spacial score (nSPS) is 35.4. The lowest BCUT2D eigenvalue weighted by molar-refractivity contribution is 0.156. The molecule has 3 unspecified atom stereocenters. The van der Waals surface area contributed by atoms with Gasteiger partial charge in [0.05, 0.1) is 5.75 Å². The van der Waals surface area contributed by atoms with Crippen LogP contribution in [0.4, 0.5) is 0 Å². The summed E-state index contributed by atoms with van der Waals surface area (Å²) in [6, 6.07) is 0.155. The van der Waals surface area contributed by atoms with Gasteiger partial charge in [-0.1, -0.05) is 13.8 Å². The Morgan fingerprint density at radius 2 is 1.79 bits per heavy atom. The second-order valence-corrected chi connectivity index (χ2v) is 8.57. The first-order valence-corrected chi connectivity index (χ1v) is 9.21. The van der Waals surface area contributed by atoms with Crippen LogP contribution in [0.3, 0.4) is 0 Å². The number of sulfonamides is 1. The minimum Gasteiger partial charge on any atom is -0.317 e. The van der Waals surface area contributed by atoms with Crippen molar-refractivity contribution < 1.29 is 8.42 Å². The highest BCUT2D eigenvalue weighted by atomic mass is 32.2. The molecule has 0 aromatic heterocycles. The van der Waals surface area contributed by atoms with Gasteiger partial charge in [-0.25, -0.2) is 8.42 Å². The van der Waals surface area contributed by atoms with Crippen molar-refractivity contribution in [3.8, 4) is 0 Å². The van der Waals surface area contributed by atoms with Crippen LogP contribution in [0.1, 0.15) is 40.0 Å². The highest BCUT2D eigenvalue weighted by Crippen LogP contribution is 2.30.